The van der Waals surface area contributed by atoms with E-state index in [4.69, 9.17) is 11.6 Å². The van der Waals surface area contributed by atoms with Crippen molar-refractivity contribution >= 4 is 22.9 Å². The van der Waals surface area contributed by atoms with E-state index in [1.54, 1.807) is 11.3 Å². The number of hydrogen-bond donors (Lipinski definition) is 0. The third-order valence-corrected chi connectivity index (χ3v) is 5.58. The van der Waals surface area contributed by atoms with Crippen LogP contribution in [0.15, 0.2) is 6.20 Å². The zero-order valence-electron chi connectivity index (χ0n) is 13.4. The maximum absolute atomic E-state index is 6.09. The molecule has 0 saturated heterocycles. The Hall–Kier alpha value is -0.0800. The first-order valence-corrected chi connectivity index (χ1v) is 9.43. The molecule has 0 aliphatic carbocycles. The average molecular weight is 316 g/mol. The van der Waals surface area contributed by atoms with Crippen LogP contribution in [0.3, 0.4) is 0 Å². The standard InChI is InChI=1S/C17H30ClNS/c1-4-6-8-10-12-17(3,13-11-9-7-5-2)16-19-14-15(18)20-16/h14H,4-13H2,1-3H3. The molecule has 3 heteroatoms. The van der Waals surface area contributed by atoms with Gasteiger partial charge in [-0.05, 0) is 12.8 Å². The molecular formula is C17H30ClNS. The van der Waals surface area contributed by atoms with Crippen molar-refractivity contribution in [2.24, 2.45) is 0 Å². The molecule has 0 aliphatic rings. The van der Waals surface area contributed by atoms with Crippen molar-refractivity contribution in [2.45, 2.75) is 90.4 Å². The molecular weight excluding hydrogens is 286 g/mol. The van der Waals surface area contributed by atoms with E-state index in [1.165, 1.54) is 69.2 Å². The molecule has 1 heterocycles. The monoisotopic (exact) mass is 315 g/mol. The molecule has 0 amide bonds. The van der Waals surface area contributed by atoms with Crippen LogP contribution in [-0.4, -0.2) is 4.98 Å². The van der Waals surface area contributed by atoms with Gasteiger partial charge in [0.1, 0.15) is 4.34 Å². The topological polar surface area (TPSA) is 12.9 Å². The fraction of sp³-hybridized carbons (Fsp3) is 0.824. The molecule has 0 spiro atoms. The van der Waals surface area contributed by atoms with Crippen LogP contribution in [0.4, 0.5) is 0 Å². The van der Waals surface area contributed by atoms with Gasteiger partial charge < -0.3 is 0 Å². The minimum absolute atomic E-state index is 0.235. The van der Waals surface area contributed by atoms with Gasteiger partial charge in [-0.3, -0.25) is 0 Å². The van der Waals surface area contributed by atoms with E-state index in [1.807, 2.05) is 6.20 Å². The molecule has 116 valence electrons. The highest BCUT2D eigenvalue weighted by Crippen LogP contribution is 2.38. The maximum Gasteiger partial charge on any atom is 0.113 e. The molecule has 0 N–H and O–H groups in total. The Balaban J connectivity index is 2.57. The van der Waals surface area contributed by atoms with E-state index in [9.17, 15) is 0 Å². The summed E-state index contributed by atoms with van der Waals surface area (Å²) < 4.78 is 0.827. The van der Waals surface area contributed by atoms with Crippen molar-refractivity contribution in [1.82, 2.24) is 4.98 Å². The van der Waals surface area contributed by atoms with Crippen molar-refractivity contribution in [2.75, 3.05) is 0 Å². The third kappa shape index (κ3) is 6.13. The predicted molar refractivity (Wildman–Crippen MR) is 92.0 cm³/mol. The maximum atomic E-state index is 6.09. The molecule has 1 nitrogen and oxygen atoms in total. The minimum Gasteiger partial charge on any atom is -0.247 e. The molecule has 0 bridgehead atoms. The van der Waals surface area contributed by atoms with Crippen LogP contribution in [0, 0.1) is 0 Å². The van der Waals surface area contributed by atoms with Gasteiger partial charge in [0.05, 0.1) is 11.2 Å². The summed E-state index contributed by atoms with van der Waals surface area (Å²) >= 11 is 7.77. The largest absolute Gasteiger partial charge is 0.247 e. The Morgan fingerprint density at radius 2 is 1.55 bits per heavy atom. The highest BCUT2D eigenvalue weighted by atomic mass is 35.5. The van der Waals surface area contributed by atoms with Gasteiger partial charge >= 0.3 is 0 Å². The van der Waals surface area contributed by atoms with Crippen LogP contribution in [0.5, 0.6) is 0 Å². The van der Waals surface area contributed by atoms with Crippen LogP contribution in [0.25, 0.3) is 0 Å². The first-order valence-electron chi connectivity index (χ1n) is 8.24. The zero-order chi connectivity index (χ0) is 14.8. The highest BCUT2D eigenvalue weighted by Gasteiger charge is 2.28. The molecule has 0 radical (unpaired) electrons. The number of unbranched alkanes of at least 4 members (excludes halogenated alkanes) is 6. The first-order chi connectivity index (χ1) is 9.62. The summed E-state index contributed by atoms with van der Waals surface area (Å²) in [6.07, 6.45) is 15.0. The summed E-state index contributed by atoms with van der Waals surface area (Å²) in [5.41, 5.74) is 0.235. The fourth-order valence-corrected chi connectivity index (χ4v) is 3.87. The molecule has 1 aromatic heterocycles. The number of rotatable bonds is 11. The summed E-state index contributed by atoms with van der Waals surface area (Å²) in [6, 6.07) is 0. The van der Waals surface area contributed by atoms with Gasteiger partial charge in [0.2, 0.25) is 0 Å². The van der Waals surface area contributed by atoms with Crippen molar-refractivity contribution < 1.29 is 0 Å². The molecule has 0 unspecified atom stereocenters. The van der Waals surface area contributed by atoms with E-state index >= 15 is 0 Å². The van der Waals surface area contributed by atoms with Crippen LogP contribution in [0.2, 0.25) is 4.34 Å². The molecule has 1 rings (SSSR count). The second-order valence-corrected chi connectivity index (χ2v) is 7.81. The van der Waals surface area contributed by atoms with E-state index in [0.29, 0.717) is 0 Å². The lowest BCUT2D eigenvalue weighted by molar-refractivity contribution is 0.363. The van der Waals surface area contributed by atoms with Crippen molar-refractivity contribution in [3.05, 3.63) is 15.5 Å². The summed E-state index contributed by atoms with van der Waals surface area (Å²) in [5, 5.41) is 1.25. The minimum atomic E-state index is 0.235. The molecule has 0 fully saturated rings. The van der Waals surface area contributed by atoms with Gasteiger partial charge in [0.25, 0.3) is 0 Å². The molecule has 0 atom stereocenters. The third-order valence-electron chi connectivity index (χ3n) is 4.16. The van der Waals surface area contributed by atoms with E-state index < -0.39 is 0 Å². The second kappa shape index (κ2) is 9.78. The lowest BCUT2D eigenvalue weighted by Gasteiger charge is -2.27. The van der Waals surface area contributed by atoms with Gasteiger partial charge in [0.15, 0.2) is 0 Å². The Morgan fingerprint density at radius 3 is 1.95 bits per heavy atom. The Bertz CT molecular complexity index is 350. The van der Waals surface area contributed by atoms with Crippen LogP contribution in [-0.2, 0) is 5.41 Å². The second-order valence-electron chi connectivity index (χ2n) is 6.15. The summed E-state index contributed by atoms with van der Waals surface area (Å²) in [7, 11) is 0. The molecule has 1 aromatic rings. The van der Waals surface area contributed by atoms with Gasteiger partial charge in [-0.25, -0.2) is 4.98 Å². The summed E-state index contributed by atoms with van der Waals surface area (Å²) in [6.45, 7) is 6.93. The van der Waals surface area contributed by atoms with E-state index in [2.05, 4.69) is 25.8 Å². The Labute approximate surface area is 134 Å². The normalized spacial score (nSPS) is 12.0. The number of thiazole rings is 1. The molecule has 0 saturated carbocycles. The van der Waals surface area contributed by atoms with E-state index in [-0.39, 0.29) is 5.41 Å². The van der Waals surface area contributed by atoms with E-state index in [0.717, 1.165) is 4.34 Å². The Morgan fingerprint density at radius 1 is 1.00 bits per heavy atom. The highest BCUT2D eigenvalue weighted by molar-refractivity contribution is 7.15. The van der Waals surface area contributed by atoms with Crippen LogP contribution >= 0.6 is 22.9 Å². The van der Waals surface area contributed by atoms with Crippen LogP contribution in [0.1, 0.15) is 90.0 Å². The molecule has 0 aliphatic heterocycles. The number of hydrogen-bond acceptors (Lipinski definition) is 2. The Kier molecular flexibility index (Phi) is 8.79. The summed E-state index contributed by atoms with van der Waals surface area (Å²) in [5.74, 6) is 0. The first kappa shape index (κ1) is 18.0. The molecule has 0 aromatic carbocycles. The fourth-order valence-electron chi connectivity index (χ4n) is 2.76. The quantitative estimate of drug-likeness (QED) is 0.401. The summed E-state index contributed by atoms with van der Waals surface area (Å²) in [4.78, 5) is 4.57. The van der Waals surface area contributed by atoms with Crippen molar-refractivity contribution in [3.63, 3.8) is 0 Å². The van der Waals surface area contributed by atoms with Gasteiger partial charge in [-0.15, -0.1) is 11.3 Å². The van der Waals surface area contributed by atoms with Crippen molar-refractivity contribution in [3.8, 4) is 0 Å². The smallest absolute Gasteiger partial charge is 0.113 e. The SMILES string of the molecule is CCCCCCC(C)(CCCCCC)c1ncc(Cl)s1. The zero-order valence-corrected chi connectivity index (χ0v) is 15.0. The lowest BCUT2D eigenvalue weighted by Crippen LogP contribution is -2.21. The number of halogens is 1. The lowest BCUT2D eigenvalue weighted by atomic mass is 9.80. The molecule has 20 heavy (non-hydrogen) atoms. The number of nitrogens with zero attached hydrogens (tertiary/aromatic N) is 1. The average Bonchev–Trinajstić information content (AvgIpc) is 2.87. The van der Waals surface area contributed by atoms with Crippen molar-refractivity contribution in [1.29, 1.82) is 0 Å². The van der Waals surface area contributed by atoms with Gasteiger partial charge in [-0.2, -0.15) is 0 Å². The predicted octanol–water partition coefficient (Wildman–Crippen LogP) is 7.00. The van der Waals surface area contributed by atoms with Gasteiger partial charge in [-0.1, -0.05) is 83.7 Å². The number of aromatic nitrogens is 1. The van der Waals surface area contributed by atoms with Crippen LogP contribution < -0.4 is 0 Å². The van der Waals surface area contributed by atoms with Gasteiger partial charge in [0, 0.05) is 5.41 Å².